The predicted octanol–water partition coefficient (Wildman–Crippen LogP) is 5.97. The van der Waals surface area contributed by atoms with Crippen molar-refractivity contribution in [2.75, 3.05) is 10.2 Å². The van der Waals surface area contributed by atoms with E-state index >= 15 is 0 Å². The third-order valence-corrected chi connectivity index (χ3v) is 5.63. The van der Waals surface area contributed by atoms with Gasteiger partial charge in [0.05, 0.1) is 0 Å². The van der Waals surface area contributed by atoms with Crippen molar-refractivity contribution in [3.8, 4) is 0 Å². The minimum absolute atomic E-state index is 0.0669. The fourth-order valence-electron chi connectivity index (χ4n) is 4.26. The summed E-state index contributed by atoms with van der Waals surface area (Å²) in [6.07, 6.45) is 2.06. The van der Waals surface area contributed by atoms with Gasteiger partial charge in [-0.05, 0) is 41.5 Å². The number of hydrogen-bond donors (Lipinski definition) is 1. The van der Waals surface area contributed by atoms with Gasteiger partial charge in [0, 0.05) is 11.4 Å². The van der Waals surface area contributed by atoms with Crippen LogP contribution in [0.15, 0.2) is 133 Å². The van der Waals surface area contributed by atoms with Crippen molar-refractivity contribution < 1.29 is 4.79 Å². The zero-order valence-electron chi connectivity index (χ0n) is 17.0. The Morgan fingerprint density at radius 1 is 0.581 bits per heavy atom. The summed E-state index contributed by atoms with van der Waals surface area (Å²) >= 11 is 0. The summed E-state index contributed by atoms with van der Waals surface area (Å²) in [5.41, 5.74) is 3.58. The zero-order valence-corrected chi connectivity index (χ0v) is 17.0. The molecule has 0 radical (unpaired) electrons. The van der Waals surface area contributed by atoms with Gasteiger partial charge in [0.25, 0.3) is 5.91 Å². The van der Waals surface area contributed by atoms with E-state index in [1.807, 2.05) is 102 Å². The Kier molecular flexibility index (Phi) is 4.85. The summed E-state index contributed by atoms with van der Waals surface area (Å²) in [5.74, 6) is -0.0669. The molecule has 1 heterocycles. The van der Waals surface area contributed by atoms with Crippen molar-refractivity contribution in [1.29, 1.82) is 0 Å². The summed E-state index contributed by atoms with van der Waals surface area (Å²) in [7, 11) is 0. The van der Waals surface area contributed by atoms with Crippen LogP contribution in [0.5, 0.6) is 0 Å². The highest BCUT2D eigenvalue weighted by Gasteiger charge is 2.48. The molecule has 0 saturated heterocycles. The first-order chi connectivity index (χ1) is 15.3. The van der Waals surface area contributed by atoms with Gasteiger partial charge < -0.3 is 5.32 Å². The minimum atomic E-state index is -0.766. The molecule has 1 aliphatic rings. The Bertz CT molecular complexity index is 1160. The van der Waals surface area contributed by atoms with E-state index in [-0.39, 0.29) is 5.91 Å². The third-order valence-electron chi connectivity index (χ3n) is 5.63. The van der Waals surface area contributed by atoms with E-state index in [1.165, 1.54) is 0 Å². The SMILES string of the molecule is O=C1C(Nc2ccccc2)=CC(c2ccccc2)(c2ccccc2)N1c1ccccc1. The molecular weight excluding hydrogens is 380 g/mol. The molecule has 1 aliphatic heterocycles. The monoisotopic (exact) mass is 402 g/mol. The van der Waals surface area contributed by atoms with Crippen LogP contribution < -0.4 is 10.2 Å². The predicted molar refractivity (Wildman–Crippen MR) is 126 cm³/mol. The highest BCUT2D eigenvalue weighted by atomic mass is 16.2. The molecule has 0 aliphatic carbocycles. The van der Waals surface area contributed by atoms with Crippen LogP contribution in [0.3, 0.4) is 0 Å². The largest absolute Gasteiger partial charge is 0.351 e. The van der Waals surface area contributed by atoms with Gasteiger partial charge in [0.2, 0.25) is 0 Å². The molecule has 0 spiro atoms. The fraction of sp³-hybridized carbons (Fsp3) is 0.0357. The molecular formula is C28H22N2O. The van der Waals surface area contributed by atoms with Crippen LogP contribution >= 0.6 is 0 Å². The lowest BCUT2D eigenvalue weighted by molar-refractivity contribution is -0.115. The Morgan fingerprint density at radius 2 is 1.03 bits per heavy atom. The van der Waals surface area contributed by atoms with Gasteiger partial charge in [-0.2, -0.15) is 0 Å². The topological polar surface area (TPSA) is 32.3 Å². The van der Waals surface area contributed by atoms with Gasteiger partial charge in [-0.15, -0.1) is 0 Å². The van der Waals surface area contributed by atoms with Crippen molar-refractivity contribution in [1.82, 2.24) is 0 Å². The first-order valence-electron chi connectivity index (χ1n) is 10.3. The maximum Gasteiger partial charge on any atom is 0.275 e. The van der Waals surface area contributed by atoms with Crippen LogP contribution in [-0.2, 0) is 10.3 Å². The lowest BCUT2D eigenvalue weighted by atomic mass is 9.82. The molecule has 3 heteroatoms. The second-order valence-electron chi connectivity index (χ2n) is 7.52. The summed E-state index contributed by atoms with van der Waals surface area (Å²) in [4.78, 5) is 15.8. The molecule has 150 valence electrons. The summed E-state index contributed by atoms with van der Waals surface area (Å²) in [6, 6.07) is 40.1. The zero-order chi connectivity index (χ0) is 21.1. The van der Waals surface area contributed by atoms with Crippen molar-refractivity contribution in [3.05, 3.63) is 144 Å². The van der Waals surface area contributed by atoms with E-state index in [1.54, 1.807) is 0 Å². The van der Waals surface area contributed by atoms with Gasteiger partial charge in [0.15, 0.2) is 0 Å². The second-order valence-corrected chi connectivity index (χ2v) is 7.52. The van der Waals surface area contributed by atoms with Gasteiger partial charge >= 0.3 is 0 Å². The first kappa shape index (κ1) is 18.9. The number of para-hydroxylation sites is 2. The van der Waals surface area contributed by atoms with E-state index in [4.69, 9.17) is 0 Å². The molecule has 0 aromatic heterocycles. The number of hydrogen-bond acceptors (Lipinski definition) is 2. The van der Waals surface area contributed by atoms with Crippen LogP contribution in [0.4, 0.5) is 11.4 Å². The third kappa shape index (κ3) is 3.30. The minimum Gasteiger partial charge on any atom is -0.351 e. The standard InChI is InChI=1S/C28H22N2O/c31-27-26(29-24-17-9-3-10-18-24)21-28(22-13-5-1-6-14-22,23-15-7-2-8-16-23)30(27)25-19-11-4-12-20-25/h1-21,29H. The molecule has 1 N–H and O–H groups in total. The number of rotatable bonds is 5. The number of benzene rings is 4. The van der Waals surface area contributed by atoms with Gasteiger partial charge in [0.1, 0.15) is 11.2 Å². The lowest BCUT2D eigenvalue weighted by Crippen LogP contribution is -2.45. The lowest BCUT2D eigenvalue weighted by Gasteiger charge is -2.39. The molecule has 5 rings (SSSR count). The van der Waals surface area contributed by atoms with E-state index in [2.05, 4.69) is 35.7 Å². The van der Waals surface area contributed by atoms with E-state index in [0.29, 0.717) is 5.70 Å². The molecule has 4 aromatic carbocycles. The van der Waals surface area contributed by atoms with Crippen LogP contribution in [-0.4, -0.2) is 5.91 Å². The van der Waals surface area contributed by atoms with Crippen molar-refractivity contribution in [3.63, 3.8) is 0 Å². The number of nitrogens with one attached hydrogen (secondary N) is 1. The average molecular weight is 402 g/mol. The molecule has 4 aromatic rings. The number of anilines is 2. The molecule has 0 bridgehead atoms. The highest BCUT2D eigenvalue weighted by molar-refractivity contribution is 6.12. The maximum atomic E-state index is 13.9. The summed E-state index contributed by atoms with van der Waals surface area (Å²) < 4.78 is 0. The van der Waals surface area contributed by atoms with E-state index < -0.39 is 5.54 Å². The number of carbonyl (C=O) groups excluding carboxylic acids is 1. The Labute approximate surface area is 182 Å². The van der Waals surface area contributed by atoms with Crippen LogP contribution in [0, 0.1) is 0 Å². The Balaban J connectivity index is 1.76. The Hall–Kier alpha value is -4.11. The van der Waals surface area contributed by atoms with E-state index in [0.717, 1.165) is 22.5 Å². The summed E-state index contributed by atoms with van der Waals surface area (Å²) in [6.45, 7) is 0. The summed E-state index contributed by atoms with van der Waals surface area (Å²) in [5, 5.41) is 3.35. The fourth-order valence-corrected chi connectivity index (χ4v) is 4.26. The highest BCUT2D eigenvalue weighted by Crippen LogP contribution is 2.45. The quantitative estimate of drug-likeness (QED) is 0.446. The van der Waals surface area contributed by atoms with Crippen molar-refractivity contribution >= 4 is 17.3 Å². The molecule has 0 atom stereocenters. The molecule has 0 saturated carbocycles. The molecule has 31 heavy (non-hydrogen) atoms. The van der Waals surface area contributed by atoms with Gasteiger partial charge in [-0.25, -0.2) is 0 Å². The molecule has 3 nitrogen and oxygen atoms in total. The van der Waals surface area contributed by atoms with E-state index in [9.17, 15) is 4.79 Å². The van der Waals surface area contributed by atoms with Crippen molar-refractivity contribution in [2.24, 2.45) is 0 Å². The second kappa shape index (κ2) is 7.96. The number of carbonyl (C=O) groups is 1. The van der Waals surface area contributed by atoms with Crippen LogP contribution in [0.1, 0.15) is 11.1 Å². The van der Waals surface area contributed by atoms with Crippen molar-refractivity contribution in [2.45, 2.75) is 5.54 Å². The molecule has 0 unspecified atom stereocenters. The van der Waals surface area contributed by atoms with Gasteiger partial charge in [-0.3, -0.25) is 9.69 Å². The normalized spacial score (nSPS) is 14.9. The van der Waals surface area contributed by atoms with Gasteiger partial charge in [-0.1, -0.05) is 97.1 Å². The smallest absolute Gasteiger partial charge is 0.275 e. The molecule has 1 amide bonds. The maximum absolute atomic E-state index is 13.9. The van der Waals surface area contributed by atoms with Crippen LogP contribution in [0.25, 0.3) is 0 Å². The number of nitrogens with zero attached hydrogens (tertiary/aromatic N) is 1. The number of amides is 1. The molecule has 0 fully saturated rings. The van der Waals surface area contributed by atoms with Crippen LogP contribution in [0.2, 0.25) is 0 Å². The first-order valence-corrected chi connectivity index (χ1v) is 10.3. The Morgan fingerprint density at radius 3 is 1.55 bits per heavy atom. The average Bonchev–Trinajstić information content (AvgIpc) is 3.14.